The van der Waals surface area contributed by atoms with Gasteiger partial charge >= 0.3 is 0 Å². The van der Waals surface area contributed by atoms with Crippen LogP contribution in [0.1, 0.15) is 72.1 Å². The Morgan fingerprint density at radius 3 is 1.76 bits per heavy atom. The van der Waals surface area contributed by atoms with E-state index in [9.17, 15) is 0 Å². The van der Waals surface area contributed by atoms with Crippen molar-refractivity contribution in [2.75, 3.05) is 0 Å². The topological polar surface area (TPSA) is 0 Å². The highest BCUT2D eigenvalue weighted by Crippen LogP contribution is 2.66. The van der Waals surface area contributed by atoms with Crippen molar-refractivity contribution in [3.63, 3.8) is 0 Å². The predicted molar refractivity (Wildman–Crippen MR) is 87.9 cm³/mol. The molecule has 21 heavy (non-hydrogen) atoms. The molecule has 0 radical (unpaired) electrons. The molecule has 0 aromatic rings. The summed E-state index contributed by atoms with van der Waals surface area (Å²) < 4.78 is 0. The molecule has 0 N–H and O–H groups in total. The van der Waals surface area contributed by atoms with Crippen molar-refractivity contribution < 1.29 is 0 Å². The Morgan fingerprint density at radius 1 is 0.667 bits per heavy atom. The van der Waals surface area contributed by atoms with Gasteiger partial charge in [-0.15, -0.1) is 0 Å². The van der Waals surface area contributed by atoms with Crippen molar-refractivity contribution in [1.82, 2.24) is 0 Å². The molecule has 1 atom stereocenters. The van der Waals surface area contributed by atoms with E-state index >= 15 is 0 Å². The van der Waals surface area contributed by atoms with Gasteiger partial charge in [0.25, 0.3) is 0 Å². The summed E-state index contributed by atoms with van der Waals surface area (Å²) in [5, 5.41) is 0. The number of rotatable bonds is 0. The van der Waals surface area contributed by atoms with Gasteiger partial charge in [0.05, 0.1) is 0 Å². The molecule has 0 aromatic heterocycles. The number of hydrogen-bond acceptors (Lipinski definition) is 0. The number of hydrogen-bond donors (Lipinski definition) is 0. The van der Waals surface area contributed by atoms with Crippen LogP contribution < -0.4 is 0 Å². The van der Waals surface area contributed by atoms with E-state index in [1.54, 1.807) is 0 Å². The second kappa shape index (κ2) is 4.06. The van der Waals surface area contributed by atoms with Gasteiger partial charge in [-0.2, -0.15) is 0 Å². The van der Waals surface area contributed by atoms with E-state index in [0.29, 0.717) is 5.41 Å². The van der Waals surface area contributed by atoms with Gasteiger partial charge in [0.1, 0.15) is 0 Å². The summed E-state index contributed by atoms with van der Waals surface area (Å²) in [4.78, 5) is 0. The van der Waals surface area contributed by atoms with E-state index in [-0.39, 0.29) is 0 Å². The first kappa shape index (κ1) is 13.0. The molecule has 0 spiro atoms. The van der Waals surface area contributed by atoms with Crippen LogP contribution in [0.3, 0.4) is 0 Å². The van der Waals surface area contributed by atoms with Crippen LogP contribution in [0.2, 0.25) is 0 Å². The van der Waals surface area contributed by atoms with Crippen molar-refractivity contribution >= 4 is 0 Å². The molecule has 0 unspecified atom stereocenters. The molecule has 0 amide bonds. The average Bonchev–Trinajstić information content (AvgIpc) is 2.89. The summed E-state index contributed by atoms with van der Waals surface area (Å²) in [6.07, 6.45) is 12.1. The van der Waals surface area contributed by atoms with Crippen LogP contribution in [0.4, 0.5) is 0 Å². The Labute approximate surface area is 130 Å². The third-order valence-electron chi connectivity index (χ3n) is 7.57. The van der Waals surface area contributed by atoms with Gasteiger partial charge < -0.3 is 0 Å². The maximum Gasteiger partial charge on any atom is 0.00553 e. The smallest absolute Gasteiger partial charge is 0.00553 e. The second-order valence-electron chi connectivity index (χ2n) is 9.58. The zero-order valence-electron chi connectivity index (χ0n) is 14.0. The normalized spacial score (nSPS) is 44.4. The lowest BCUT2D eigenvalue weighted by Crippen LogP contribution is -2.36. The average molecular weight is 282 g/mol. The number of fused-ring (bicyclic) bond motifs is 4. The quantitative estimate of drug-likeness (QED) is 0.519. The molecule has 7 rings (SSSR count). The minimum Gasteiger partial charge on any atom is -0.0564 e. The summed E-state index contributed by atoms with van der Waals surface area (Å²) in [6.45, 7) is 7.50. The van der Waals surface area contributed by atoms with Gasteiger partial charge in [-0.3, -0.25) is 0 Å². The van der Waals surface area contributed by atoms with E-state index in [4.69, 9.17) is 0 Å². The summed E-state index contributed by atoms with van der Waals surface area (Å²) in [7, 11) is 0. The van der Waals surface area contributed by atoms with Gasteiger partial charge in [0, 0.05) is 5.92 Å². The van der Waals surface area contributed by atoms with Crippen LogP contribution in [-0.2, 0) is 0 Å². The Bertz CT molecular complexity index is 537. The molecule has 7 aliphatic carbocycles. The third-order valence-corrected chi connectivity index (χ3v) is 7.57. The molecule has 0 heteroatoms. The third kappa shape index (κ3) is 1.57. The van der Waals surface area contributed by atoms with E-state index in [1.807, 2.05) is 22.3 Å². The highest BCUT2D eigenvalue weighted by molar-refractivity contribution is 5.58. The zero-order valence-corrected chi connectivity index (χ0v) is 14.0. The summed E-state index contributed by atoms with van der Waals surface area (Å²) in [5.74, 6) is 4.77. The molecule has 4 bridgehead atoms. The minimum atomic E-state index is 0.391. The van der Waals surface area contributed by atoms with Crippen LogP contribution in [0.15, 0.2) is 22.3 Å². The number of allylic oxidation sites excluding steroid dienone is 4. The lowest BCUT2D eigenvalue weighted by atomic mass is 9.58. The fourth-order valence-corrected chi connectivity index (χ4v) is 6.95. The minimum absolute atomic E-state index is 0.391. The molecule has 6 fully saturated rings. The van der Waals surface area contributed by atoms with Crippen molar-refractivity contribution in [3.05, 3.63) is 22.3 Å². The van der Waals surface area contributed by atoms with Crippen molar-refractivity contribution in [2.24, 2.45) is 35.0 Å². The highest BCUT2D eigenvalue weighted by Gasteiger charge is 2.53. The molecule has 0 nitrogen and oxygen atoms in total. The van der Waals surface area contributed by atoms with Crippen LogP contribution in [0.5, 0.6) is 0 Å². The highest BCUT2D eigenvalue weighted by atomic mass is 14.6. The van der Waals surface area contributed by atoms with Crippen LogP contribution >= 0.6 is 0 Å². The lowest BCUT2D eigenvalue weighted by molar-refractivity contribution is 0.176. The Morgan fingerprint density at radius 2 is 1.19 bits per heavy atom. The van der Waals surface area contributed by atoms with Crippen molar-refractivity contribution in [2.45, 2.75) is 72.1 Å². The molecule has 0 aliphatic heterocycles. The maximum atomic E-state index is 2.50. The molecular weight excluding hydrogens is 252 g/mol. The Balaban J connectivity index is 1.76. The molecule has 0 heterocycles. The lowest BCUT2D eigenvalue weighted by Gasteiger charge is -2.47. The first-order chi connectivity index (χ1) is 10.1. The van der Waals surface area contributed by atoms with Crippen molar-refractivity contribution in [3.8, 4) is 0 Å². The molecule has 114 valence electrons. The van der Waals surface area contributed by atoms with Gasteiger partial charge in [0.2, 0.25) is 0 Å². The van der Waals surface area contributed by atoms with Gasteiger partial charge in [-0.1, -0.05) is 31.9 Å². The van der Waals surface area contributed by atoms with E-state index in [2.05, 4.69) is 20.8 Å². The molecule has 6 saturated carbocycles. The fraction of sp³-hybridized carbons (Fsp3) is 0.810. The Kier molecular flexibility index (Phi) is 2.51. The van der Waals surface area contributed by atoms with E-state index < -0.39 is 0 Å². The summed E-state index contributed by atoms with van der Waals surface area (Å²) in [5.41, 5.74) is 8.22. The van der Waals surface area contributed by atoms with Gasteiger partial charge in [0.15, 0.2) is 0 Å². The summed E-state index contributed by atoms with van der Waals surface area (Å²) >= 11 is 0. The largest absolute Gasteiger partial charge is 0.0564 e. The molecule has 7 aliphatic rings. The van der Waals surface area contributed by atoms with Crippen LogP contribution in [-0.4, -0.2) is 0 Å². The maximum absolute atomic E-state index is 2.50. The second-order valence-corrected chi connectivity index (χ2v) is 9.58. The van der Waals surface area contributed by atoms with Gasteiger partial charge in [-0.05, 0) is 91.6 Å². The standard InChI is InChI=1S/C21H30/c1-21(2,3)20-18-14-8-4-12(5-9-14)16(18)17-13-6-10-15(11-7-13)19(17)20/h12-15,18H,4-11H2,1-3H3/t12?,13?,14?,15?,18-/m1/s1. The van der Waals surface area contributed by atoms with E-state index in [1.165, 1.54) is 51.4 Å². The van der Waals surface area contributed by atoms with Crippen LogP contribution in [0.25, 0.3) is 0 Å². The first-order valence-electron chi connectivity index (χ1n) is 9.54. The predicted octanol–water partition coefficient (Wildman–Crippen LogP) is 5.90. The molecule has 0 saturated heterocycles. The van der Waals surface area contributed by atoms with E-state index in [0.717, 1.165) is 29.6 Å². The molecule has 0 aromatic carbocycles. The van der Waals surface area contributed by atoms with Crippen LogP contribution in [0, 0.1) is 35.0 Å². The summed E-state index contributed by atoms with van der Waals surface area (Å²) in [6, 6.07) is 0. The molecular formula is C21H30. The van der Waals surface area contributed by atoms with Crippen molar-refractivity contribution in [1.29, 1.82) is 0 Å². The Hall–Kier alpha value is -0.520. The zero-order chi connectivity index (χ0) is 14.4. The monoisotopic (exact) mass is 282 g/mol. The first-order valence-corrected chi connectivity index (χ1v) is 9.54. The fourth-order valence-electron chi connectivity index (χ4n) is 6.95. The van der Waals surface area contributed by atoms with Gasteiger partial charge in [-0.25, -0.2) is 0 Å². The SMILES string of the molecule is CC(C)(C)C1=C2C(=C3C4CCC(CC4)[C@H]31)C1CCC2CC1.